The van der Waals surface area contributed by atoms with Crippen LogP contribution in [0.25, 0.3) is 0 Å². The molecule has 0 unspecified atom stereocenters. The Kier molecular flexibility index (Phi) is 7.04. The minimum absolute atomic E-state index is 0.00533. The van der Waals surface area contributed by atoms with Crippen LogP contribution in [0.5, 0.6) is 5.75 Å². The Morgan fingerprint density at radius 1 is 1.25 bits per heavy atom. The molecule has 0 atom stereocenters. The van der Waals surface area contributed by atoms with Gasteiger partial charge in [-0.1, -0.05) is 0 Å². The summed E-state index contributed by atoms with van der Waals surface area (Å²) in [6, 6.07) is 7.58. The highest BCUT2D eigenvalue weighted by Crippen LogP contribution is 2.17. The molecule has 1 amide bonds. The molecule has 1 rings (SSSR count). The van der Waals surface area contributed by atoms with E-state index in [0.29, 0.717) is 10.5 Å². The molecule has 0 N–H and O–H groups in total. The zero-order valence-electron chi connectivity index (χ0n) is 12.8. The lowest BCUT2D eigenvalue weighted by molar-refractivity contribution is -0.168. The smallest absolute Gasteiger partial charge is 0.406 e. The first kappa shape index (κ1) is 19.3. The van der Waals surface area contributed by atoms with Crippen LogP contribution in [0.2, 0.25) is 0 Å². The molecule has 1 aromatic carbocycles. The van der Waals surface area contributed by atoms with Crippen molar-refractivity contribution in [2.24, 2.45) is 0 Å². The van der Waals surface area contributed by atoms with E-state index >= 15 is 0 Å². The van der Waals surface area contributed by atoms with Crippen LogP contribution in [-0.2, 0) is 14.3 Å². The summed E-state index contributed by atoms with van der Waals surface area (Å²) in [4.78, 5) is 23.6. The summed E-state index contributed by atoms with van der Waals surface area (Å²) in [5, 5.41) is 8.65. The average molecular weight is 344 g/mol. The maximum atomic E-state index is 12.5. The molecule has 0 aromatic heterocycles. The van der Waals surface area contributed by atoms with Crippen molar-refractivity contribution < 1.29 is 32.2 Å². The van der Waals surface area contributed by atoms with Crippen LogP contribution in [0.1, 0.15) is 12.5 Å². The van der Waals surface area contributed by atoms with E-state index < -0.39 is 37.7 Å². The Morgan fingerprint density at radius 3 is 2.38 bits per heavy atom. The Balaban J connectivity index is 2.68. The molecule has 0 aliphatic rings. The first-order chi connectivity index (χ1) is 11.2. The Morgan fingerprint density at radius 2 is 1.88 bits per heavy atom. The third-order valence-electron chi connectivity index (χ3n) is 2.69. The summed E-state index contributed by atoms with van der Waals surface area (Å²) < 4.78 is 47.2. The minimum atomic E-state index is -4.66. The van der Waals surface area contributed by atoms with E-state index in [4.69, 9.17) is 10.00 Å². The van der Waals surface area contributed by atoms with E-state index in [0.717, 1.165) is 0 Å². The molecule has 0 spiro atoms. The standard InChI is InChI=1S/C15H15F3N2O4/c1-2-23-14(22)8-20(10-15(16,17)18)13(21)9-24-12-5-3-11(7-19)4-6-12/h3-6H,2,8-10H2,1H3. The number of amides is 1. The number of ether oxygens (including phenoxy) is 2. The fraction of sp³-hybridized carbons (Fsp3) is 0.400. The Hall–Kier alpha value is -2.76. The van der Waals surface area contributed by atoms with Crippen LogP contribution in [-0.4, -0.2) is 49.3 Å². The SMILES string of the molecule is CCOC(=O)CN(CC(F)(F)F)C(=O)COc1ccc(C#N)cc1. The number of esters is 1. The second kappa shape index (κ2) is 8.76. The van der Waals surface area contributed by atoms with Gasteiger partial charge < -0.3 is 14.4 Å². The number of hydrogen-bond donors (Lipinski definition) is 0. The summed E-state index contributed by atoms with van der Waals surface area (Å²) in [6.07, 6.45) is -4.66. The molecule has 0 aliphatic carbocycles. The second-order valence-electron chi connectivity index (χ2n) is 4.59. The lowest BCUT2D eigenvalue weighted by atomic mass is 10.2. The highest BCUT2D eigenvalue weighted by Gasteiger charge is 2.34. The van der Waals surface area contributed by atoms with Gasteiger partial charge in [-0.25, -0.2) is 0 Å². The summed E-state index contributed by atoms with van der Waals surface area (Å²) in [7, 11) is 0. The molecular formula is C15H15F3N2O4. The van der Waals surface area contributed by atoms with Crippen LogP contribution in [0.3, 0.4) is 0 Å². The normalized spacial score (nSPS) is 10.6. The van der Waals surface area contributed by atoms with Gasteiger partial charge in [0.1, 0.15) is 18.8 Å². The number of rotatable bonds is 7. The molecule has 6 nitrogen and oxygen atoms in total. The predicted molar refractivity (Wildman–Crippen MR) is 75.9 cm³/mol. The number of carbonyl (C=O) groups excluding carboxylic acids is 2. The van der Waals surface area contributed by atoms with Gasteiger partial charge in [0.2, 0.25) is 0 Å². The molecular weight excluding hydrogens is 329 g/mol. The number of benzene rings is 1. The number of hydrogen-bond acceptors (Lipinski definition) is 5. The van der Waals surface area contributed by atoms with E-state index in [9.17, 15) is 22.8 Å². The van der Waals surface area contributed by atoms with E-state index in [1.54, 1.807) is 0 Å². The molecule has 0 saturated heterocycles. The van der Waals surface area contributed by atoms with E-state index in [1.807, 2.05) is 6.07 Å². The maximum Gasteiger partial charge on any atom is 0.406 e. The summed E-state index contributed by atoms with van der Waals surface area (Å²) >= 11 is 0. The van der Waals surface area contributed by atoms with Gasteiger partial charge in [-0.05, 0) is 31.2 Å². The largest absolute Gasteiger partial charge is 0.484 e. The first-order valence-electron chi connectivity index (χ1n) is 6.88. The molecule has 0 saturated carbocycles. The topological polar surface area (TPSA) is 79.6 Å². The van der Waals surface area contributed by atoms with Crippen LogP contribution in [0.4, 0.5) is 13.2 Å². The molecule has 0 heterocycles. The van der Waals surface area contributed by atoms with Gasteiger partial charge in [0.05, 0.1) is 18.2 Å². The molecule has 9 heteroatoms. The highest BCUT2D eigenvalue weighted by molar-refractivity contribution is 5.83. The fourth-order valence-corrected chi connectivity index (χ4v) is 1.67. The van der Waals surface area contributed by atoms with Crippen molar-refractivity contribution in [1.29, 1.82) is 5.26 Å². The van der Waals surface area contributed by atoms with Crippen molar-refractivity contribution >= 4 is 11.9 Å². The number of halogens is 3. The molecule has 130 valence electrons. The monoisotopic (exact) mass is 344 g/mol. The third-order valence-corrected chi connectivity index (χ3v) is 2.69. The zero-order chi connectivity index (χ0) is 18.2. The van der Waals surface area contributed by atoms with Crippen molar-refractivity contribution in [2.45, 2.75) is 13.1 Å². The summed E-state index contributed by atoms with van der Waals surface area (Å²) in [5.74, 6) is -1.73. The van der Waals surface area contributed by atoms with Crippen LogP contribution in [0, 0.1) is 11.3 Å². The molecule has 0 aliphatic heterocycles. The first-order valence-corrected chi connectivity index (χ1v) is 6.88. The average Bonchev–Trinajstić information content (AvgIpc) is 2.51. The maximum absolute atomic E-state index is 12.5. The molecule has 0 bridgehead atoms. The zero-order valence-corrected chi connectivity index (χ0v) is 12.8. The highest BCUT2D eigenvalue weighted by atomic mass is 19.4. The number of alkyl halides is 3. The van der Waals surface area contributed by atoms with Gasteiger partial charge in [-0.2, -0.15) is 18.4 Å². The van der Waals surface area contributed by atoms with Gasteiger partial charge in [0, 0.05) is 0 Å². The van der Waals surface area contributed by atoms with Crippen molar-refractivity contribution in [1.82, 2.24) is 4.90 Å². The van der Waals surface area contributed by atoms with Crippen LogP contribution >= 0.6 is 0 Å². The number of nitrogens with zero attached hydrogens (tertiary/aromatic N) is 2. The quantitative estimate of drug-likeness (QED) is 0.706. The van der Waals surface area contributed by atoms with Gasteiger partial charge in [0.25, 0.3) is 5.91 Å². The van der Waals surface area contributed by atoms with Crippen molar-refractivity contribution in [2.75, 3.05) is 26.3 Å². The number of nitriles is 1. The van der Waals surface area contributed by atoms with E-state index in [-0.39, 0.29) is 12.4 Å². The van der Waals surface area contributed by atoms with Gasteiger partial charge in [0.15, 0.2) is 6.61 Å². The molecule has 0 radical (unpaired) electrons. The molecule has 1 aromatic rings. The van der Waals surface area contributed by atoms with Crippen LogP contribution < -0.4 is 4.74 Å². The lowest BCUT2D eigenvalue weighted by Gasteiger charge is -2.23. The van der Waals surface area contributed by atoms with Gasteiger partial charge in [-0.3, -0.25) is 9.59 Å². The fourth-order valence-electron chi connectivity index (χ4n) is 1.67. The predicted octanol–water partition coefficient (Wildman–Crippen LogP) is 1.89. The lowest BCUT2D eigenvalue weighted by Crippen LogP contribution is -2.44. The van der Waals surface area contributed by atoms with Crippen molar-refractivity contribution in [3.8, 4) is 11.8 Å². The third kappa shape index (κ3) is 7.00. The van der Waals surface area contributed by atoms with E-state index in [1.165, 1.54) is 31.2 Å². The second-order valence-corrected chi connectivity index (χ2v) is 4.59. The van der Waals surface area contributed by atoms with Gasteiger partial charge >= 0.3 is 12.1 Å². The van der Waals surface area contributed by atoms with Crippen molar-refractivity contribution in [3.63, 3.8) is 0 Å². The summed E-state index contributed by atoms with van der Waals surface area (Å²) in [5.41, 5.74) is 0.370. The Labute approximate surface area is 136 Å². The van der Waals surface area contributed by atoms with Crippen molar-refractivity contribution in [3.05, 3.63) is 29.8 Å². The minimum Gasteiger partial charge on any atom is -0.484 e. The van der Waals surface area contributed by atoms with Crippen LogP contribution in [0.15, 0.2) is 24.3 Å². The van der Waals surface area contributed by atoms with E-state index in [2.05, 4.69) is 4.74 Å². The summed E-state index contributed by atoms with van der Waals surface area (Å²) in [6.45, 7) is -1.58. The van der Waals surface area contributed by atoms with Gasteiger partial charge in [-0.15, -0.1) is 0 Å². The number of carbonyl (C=O) groups is 2. The Bertz CT molecular complexity index is 609. The molecule has 24 heavy (non-hydrogen) atoms. The molecule has 0 fully saturated rings.